The van der Waals surface area contributed by atoms with Gasteiger partial charge in [-0.1, -0.05) is 43.7 Å². The fraction of sp³-hybridized carbons (Fsp3) is 0.440. The largest absolute Gasteiger partial charge is 0.396 e. The maximum atomic E-state index is 9.63. The van der Waals surface area contributed by atoms with Gasteiger partial charge in [0.05, 0.1) is 0 Å². The van der Waals surface area contributed by atoms with Crippen molar-refractivity contribution >= 4 is 21.8 Å². The van der Waals surface area contributed by atoms with Crippen molar-refractivity contribution in [3.63, 3.8) is 0 Å². The Morgan fingerprint density at radius 3 is 2.78 bits per heavy atom. The molecular formula is C25H29NO. The Morgan fingerprint density at radius 2 is 1.96 bits per heavy atom. The number of rotatable bonds is 3. The minimum Gasteiger partial charge on any atom is -0.396 e. The standard InChI is InChI=1S/C25H29NO/c1-16-15-25(10-6-12-27)21-14-20-19-7-4-5-8-22(19)26-23(20)13-18(21)9-11-24(25,3)17(16)2/h4-5,7-8,13-15,17,26-27H,6,9-12H2,1-3H3/t17-,24+,25+/m1/s1. The molecule has 1 aromatic heterocycles. The highest BCUT2D eigenvalue weighted by molar-refractivity contribution is 6.07. The van der Waals surface area contributed by atoms with E-state index >= 15 is 0 Å². The second kappa shape index (κ2) is 5.72. The normalized spacial score (nSPS) is 29.8. The van der Waals surface area contributed by atoms with Crippen LogP contribution in [0.5, 0.6) is 0 Å². The average molecular weight is 360 g/mol. The van der Waals surface area contributed by atoms with Crippen molar-refractivity contribution in [2.75, 3.05) is 6.61 Å². The van der Waals surface area contributed by atoms with Crippen molar-refractivity contribution in [1.82, 2.24) is 4.98 Å². The monoisotopic (exact) mass is 359 g/mol. The lowest BCUT2D eigenvalue weighted by molar-refractivity contribution is 0.103. The topological polar surface area (TPSA) is 36.0 Å². The van der Waals surface area contributed by atoms with Crippen LogP contribution in [0.3, 0.4) is 0 Å². The molecule has 3 atom stereocenters. The van der Waals surface area contributed by atoms with Crippen LogP contribution in [-0.2, 0) is 11.8 Å². The Labute approximate surface area is 161 Å². The van der Waals surface area contributed by atoms with Gasteiger partial charge >= 0.3 is 0 Å². The highest BCUT2D eigenvalue weighted by Gasteiger charge is 2.56. The van der Waals surface area contributed by atoms with Gasteiger partial charge in [-0.2, -0.15) is 0 Å². The van der Waals surface area contributed by atoms with E-state index in [4.69, 9.17) is 0 Å². The van der Waals surface area contributed by atoms with Gasteiger partial charge in [0.25, 0.3) is 0 Å². The van der Waals surface area contributed by atoms with E-state index in [9.17, 15) is 5.11 Å². The molecule has 2 aromatic carbocycles. The predicted octanol–water partition coefficient (Wildman–Crippen LogP) is 5.88. The molecule has 0 saturated carbocycles. The number of aliphatic hydroxyl groups is 1. The molecule has 5 rings (SSSR count). The van der Waals surface area contributed by atoms with Crippen molar-refractivity contribution < 1.29 is 5.11 Å². The Balaban J connectivity index is 1.82. The summed E-state index contributed by atoms with van der Waals surface area (Å²) in [4.78, 5) is 3.62. The number of hydrogen-bond donors (Lipinski definition) is 2. The highest BCUT2D eigenvalue weighted by atomic mass is 16.2. The SMILES string of the molecule is CC1=C[C@@]2(CCCO)c3cc4c(cc3CC[C@@]2(C)[C@@H]1C)[nH]c1ccccc14. The summed E-state index contributed by atoms with van der Waals surface area (Å²) in [6, 6.07) is 13.5. The van der Waals surface area contributed by atoms with Gasteiger partial charge in [0, 0.05) is 33.8 Å². The molecule has 1 heterocycles. The number of H-pyrrole nitrogens is 1. The van der Waals surface area contributed by atoms with E-state index < -0.39 is 0 Å². The number of allylic oxidation sites excluding steroid dienone is 2. The Bertz CT molecular complexity index is 1070. The summed E-state index contributed by atoms with van der Waals surface area (Å²) in [6.07, 6.45) is 6.81. The summed E-state index contributed by atoms with van der Waals surface area (Å²) in [5.74, 6) is 0.586. The van der Waals surface area contributed by atoms with Crippen molar-refractivity contribution in [1.29, 1.82) is 0 Å². The van der Waals surface area contributed by atoms with Crippen LogP contribution in [0.15, 0.2) is 48.0 Å². The van der Waals surface area contributed by atoms with E-state index in [1.807, 2.05) is 0 Å². The molecule has 27 heavy (non-hydrogen) atoms. The lowest BCUT2D eigenvalue weighted by Crippen LogP contribution is -2.46. The third kappa shape index (κ3) is 2.11. The second-order valence-electron chi connectivity index (χ2n) is 9.05. The summed E-state index contributed by atoms with van der Waals surface area (Å²) >= 11 is 0. The molecule has 2 aliphatic rings. The number of aryl methyl sites for hydroxylation is 1. The van der Waals surface area contributed by atoms with Crippen molar-refractivity contribution in [3.8, 4) is 0 Å². The lowest BCUT2D eigenvalue weighted by Gasteiger charge is -2.51. The van der Waals surface area contributed by atoms with Crippen LogP contribution in [-0.4, -0.2) is 16.7 Å². The summed E-state index contributed by atoms with van der Waals surface area (Å²) in [7, 11) is 0. The molecule has 0 bridgehead atoms. The van der Waals surface area contributed by atoms with Gasteiger partial charge in [0.15, 0.2) is 0 Å². The molecule has 0 saturated heterocycles. The van der Waals surface area contributed by atoms with Gasteiger partial charge in [-0.15, -0.1) is 0 Å². The Hall–Kier alpha value is -2.06. The van der Waals surface area contributed by atoms with Gasteiger partial charge < -0.3 is 10.1 Å². The van der Waals surface area contributed by atoms with Crippen LogP contribution in [0.1, 0.15) is 51.2 Å². The molecule has 0 unspecified atom stereocenters. The van der Waals surface area contributed by atoms with Gasteiger partial charge in [0.1, 0.15) is 0 Å². The molecule has 0 aliphatic heterocycles. The highest BCUT2D eigenvalue weighted by Crippen LogP contribution is 2.63. The zero-order valence-corrected chi connectivity index (χ0v) is 16.6. The van der Waals surface area contributed by atoms with Crippen LogP contribution in [0.25, 0.3) is 21.8 Å². The van der Waals surface area contributed by atoms with E-state index in [-0.39, 0.29) is 17.4 Å². The fourth-order valence-electron chi connectivity index (χ4n) is 6.20. The second-order valence-corrected chi connectivity index (χ2v) is 9.05. The van der Waals surface area contributed by atoms with Gasteiger partial charge in [0.2, 0.25) is 0 Å². The number of aliphatic hydroxyl groups excluding tert-OH is 1. The maximum Gasteiger partial charge on any atom is 0.0467 e. The zero-order valence-electron chi connectivity index (χ0n) is 16.6. The first-order valence-corrected chi connectivity index (χ1v) is 10.3. The molecule has 0 fully saturated rings. The number of benzene rings is 2. The van der Waals surface area contributed by atoms with Crippen LogP contribution in [0.2, 0.25) is 0 Å². The molecule has 3 aromatic rings. The fourth-order valence-corrected chi connectivity index (χ4v) is 6.20. The molecule has 0 radical (unpaired) electrons. The van der Waals surface area contributed by atoms with Gasteiger partial charge in [-0.25, -0.2) is 0 Å². The van der Waals surface area contributed by atoms with Crippen molar-refractivity contribution in [2.24, 2.45) is 11.3 Å². The van der Waals surface area contributed by atoms with E-state index in [0.717, 1.165) is 19.3 Å². The van der Waals surface area contributed by atoms with E-state index in [1.165, 1.54) is 44.9 Å². The maximum absolute atomic E-state index is 9.63. The Morgan fingerprint density at radius 1 is 1.15 bits per heavy atom. The molecular weight excluding hydrogens is 330 g/mol. The molecule has 2 heteroatoms. The summed E-state index contributed by atoms with van der Waals surface area (Å²) in [6.45, 7) is 7.47. The molecule has 2 N–H and O–H groups in total. The minimum absolute atomic E-state index is 0.0410. The van der Waals surface area contributed by atoms with Crippen molar-refractivity contribution in [3.05, 3.63) is 59.2 Å². The minimum atomic E-state index is 0.0410. The number of nitrogens with one attached hydrogen (secondary N) is 1. The number of aromatic nitrogens is 1. The molecule has 0 amide bonds. The summed E-state index contributed by atoms with van der Waals surface area (Å²) < 4.78 is 0. The first kappa shape index (κ1) is 17.1. The third-order valence-corrected chi connectivity index (χ3v) is 7.99. The number of fused-ring (bicyclic) bond motifs is 6. The summed E-state index contributed by atoms with van der Waals surface area (Å²) in [5.41, 5.74) is 7.25. The smallest absolute Gasteiger partial charge is 0.0467 e. The van der Waals surface area contributed by atoms with E-state index in [1.54, 1.807) is 0 Å². The van der Waals surface area contributed by atoms with Gasteiger partial charge in [-0.05, 0) is 73.3 Å². The molecule has 0 spiro atoms. The predicted molar refractivity (Wildman–Crippen MR) is 113 cm³/mol. The zero-order chi connectivity index (χ0) is 18.8. The van der Waals surface area contributed by atoms with E-state index in [2.05, 4.69) is 68.2 Å². The summed E-state index contributed by atoms with van der Waals surface area (Å²) in [5, 5.41) is 12.3. The molecule has 2 aliphatic carbocycles. The van der Waals surface area contributed by atoms with Crippen LogP contribution in [0, 0.1) is 11.3 Å². The number of hydrogen-bond acceptors (Lipinski definition) is 1. The molecule has 140 valence electrons. The number of para-hydroxylation sites is 1. The average Bonchev–Trinajstić information content (AvgIpc) is 3.13. The third-order valence-electron chi connectivity index (χ3n) is 7.99. The first-order valence-electron chi connectivity index (χ1n) is 10.3. The van der Waals surface area contributed by atoms with E-state index in [0.29, 0.717) is 5.92 Å². The quantitative estimate of drug-likeness (QED) is 0.563. The number of aromatic amines is 1. The van der Waals surface area contributed by atoms with Gasteiger partial charge in [-0.3, -0.25) is 0 Å². The van der Waals surface area contributed by atoms with Crippen LogP contribution < -0.4 is 0 Å². The van der Waals surface area contributed by atoms with Crippen molar-refractivity contribution in [2.45, 2.75) is 51.9 Å². The van der Waals surface area contributed by atoms with Crippen LogP contribution >= 0.6 is 0 Å². The Kier molecular flexibility index (Phi) is 3.61. The molecule has 2 nitrogen and oxygen atoms in total. The lowest BCUT2D eigenvalue weighted by atomic mass is 9.52. The first-order chi connectivity index (χ1) is 13.0. The van der Waals surface area contributed by atoms with Crippen LogP contribution in [0.4, 0.5) is 0 Å².